The maximum absolute atomic E-state index is 10.5. The van der Waals surface area contributed by atoms with Gasteiger partial charge in [0.2, 0.25) is 0 Å². The van der Waals surface area contributed by atoms with Gasteiger partial charge < -0.3 is 9.67 Å². The molecule has 0 aliphatic heterocycles. The summed E-state index contributed by atoms with van der Waals surface area (Å²) in [4.78, 5) is 10.3. The third kappa shape index (κ3) is 4.60. The number of fused-ring (bicyclic) bond motifs is 6. The van der Waals surface area contributed by atoms with Crippen molar-refractivity contribution in [2.24, 2.45) is 0 Å². The summed E-state index contributed by atoms with van der Waals surface area (Å²) < 4.78 is 2.40. The summed E-state index contributed by atoms with van der Waals surface area (Å²) in [5, 5.41) is 15.1. The Hall–Kier alpha value is -5.48. The molecule has 8 rings (SSSR count). The lowest BCUT2D eigenvalue weighted by Crippen LogP contribution is -1.99. The van der Waals surface area contributed by atoms with Crippen molar-refractivity contribution < 1.29 is 5.11 Å². The Morgan fingerprint density at radius 3 is 1.91 bits per heavy atom. The molecule has 0 saturated carbocycles. The predicted octanol–water partition coefficient (Wildman–Crippen LogP) is 11.2. The van der Waals surface area contributed by atoms with Crippen LogP contribution in [-0.2, 0) is 0 Å². The SMILES string of the molecule is CC(C)c1cc(-c2ccc3ccc4ccc(-c5ccccc5O)nc4c3n2)cc(-n2c3ccccc3c3cc(C(C)C)ccc32)c1. The van der Waals surface area contributed by atoms with Crippen LogP contribution >= 0.6 is 0 Å². The number of hydrogen-bond acceptors (Lipinski definition) is 3. The maximum Gasteiger partial charge on any atom is 0.124 e. The van der Waals surface area contributed by atoms with Crippen LogP contribution in [0.3, 0.4) is 0 Å². The largest absolute Gasteiger partial charge is 0.507 e. The standard InChI is InChI=1S/C42H35N3O/c1-25(2)29-17-20-39-35(24-29)33-9-5-7-11-38(33)45(39)32-22-30(26(3)4)21-31(23-32)36-18-15-27-13-14-28-16-19-37(44-42(28)41(27)43-36)34-10-6-8-12-40(34)46/h5-26,46H,1-4H3. The van der Waals surface area contributed by atoms with Gasteiger partial charge in [-0.25, -0.2) is 9.97 Å². The van der Waals surface area contributed by atoms with E-state index in [4.69, 9.17) is 9.97 Å². The molecule has 0 aliphatic rings. The summed E-state index contributed by atoms with van der Waals surface area (Å²) in [6.45, 7) is 8.99. The van der Waals surface area contributed by atoms with Crippen LogP contribution in [0.25, 0.3) is 71.8 Å². The molecule has 4 heteroatoms. The fourth-order valence-electron chi connectivity index (χ4n) is 6.64. The molecular weight excluding hydrogens is 562 g/mol. The van der Waals surface area contributed by atoms with Crippen LogP contribution in [0.5, 0.6) is 5.75 Å². The number of pyridine rings is 2. The number of para-hydroxylation sites is 2. The summed E-state index contributed by atoms with van der Waals surface area (Å²) in [5.74, 6) is 1.01. The molecule has 0 spiro atoms. The maximum atomic E-state index is 10.5. The molecule has 8 aromatic rings. The van der Waals surface area contributed by atoms with Crippen molar-refractivity contribution in [3.05, 3.63) is 132 Å². The zero-order valence-corrected chi connectivity index (χ0v) is 26.5. The summed E-state index contributed by atoms with van der Waals surface area (Å²) >= 11 is 0. The van der Waals surface area contributed by atoms with Crippen molar-refractivity contribution in [1.29, 1.82) is 0 Å². The molecular formula is C42H35N3O. The molecule has 0 atom stereocenters. The minimum atomic E-state index is 0.215. The Labute approximate surface area is 268 Å². The zero-order valence-electron chi connectivity index (χ0n) is 26.5. The molecule has 1 N–H and O–H groups in total. The number of nitrogens with zero attached hydrogens (tertiary/aromatic N) is 3. The van der Waals surface area contributed by atoms with Crippen LogP contribution in [0.1, 0.15) is 50.7 Å². The molecule has 4 nitrogen and oxygen atoms in total. The molecule has 0 aliphatic carbocycles. The summed E-state index contributed by atoms with van der Waals surface area (Å²) in [6.07, 6.45) is 0. The monoisotopic (exact) mass is 597 g/mol. The van der Waals surface area contributed by atoms with Gasteiger partial charge in [0.1, 0.15) is 5.75 Å². The quantitative estimate of drug-likeness (QED) is 0.201. The minimum absolute atomic E-state index is 0.215. The van der Waals surface area contributed by atoms with E-state index < -0.39 is 0 Å². The molecule has 0 bridgehead atoms. The highest BCUT2D eigenvalue weighted by atomic mass is 16.3. The number of aromatic nitrogens is 3. The van der Waals surface area contributed by atoms with E-state index in [1.54, 1.807) is 6.07 Å². The first-order valence-electron chi connectivity index (χ1n) is 16.0. The molecule has 0 amide bonds. The number of aromatic hydroxyl groups is 1. The van der Waals surface area contributed by atoms with Crippen LogP contribution in [0.2, 0.25) is 0 Å². The van der Waals surface area contributed by atoms with E-state index in [1.165, 1.54) is 32.9 Å². The molecule has 0 fully saturated rings. The Kier molecular flexibility index (Phi) is 6.61. The Balaban J connectivity index is 1.35. The van der Waals surface area contributed by atoms with Gasteiger partial charge in [0, 0.05) is 38.4 Å². The first kappa shape index (κ1) is 28.0. The molecule has 3 aromatic heterocycles. The topological polar surface area (TPSA) is 50.9 Å². The number of hydrogen-bond donors (Lipinski definition) is 1. The van der Waals surface area contributed by atoms with E-state index in [1.807, 2.05) is 24.3 Å². The van der Waals surface area contributed by atoms with Crippen molar-refractivity contribution in [3.8, 4) is 34.0 Å². The number of benzene rings is 5. The average Bonchev–Trinajstić information content (AvgIpc) is 3.41. The lowest BCUT2D eigenvalue weighted by molar-refractivity contribution is 0.477. The summed E-state index contributed by atoms with van der Waals surface area (Å²) in [7, 11) is 0. The van der Waals surface area contributed by atoms with Crippen molar-refractivity contribution in [2.45, 2.75) is 39.5 Å². The van der Waals surface area contributed by atoms with Gasteiger partial charge >= 0.3 is 0 Å². The molecule has 5 aromatic carbocycles. The molecule has 3 heterocycles. The van der Waals surface area contributed by atoms with Gasteiger partial charge in [-0.05, 0) is 83.6 Å². The number of rotatable bonds is 5. The third-order valence-corrected chi connectivity index (χ3v) is 9.22. The van der Waals surface area contributed by atoms with E-state index in [9.17, 15) is 5.11 Å². The summed E-state index contributed by atoms with van der Waals surface area (Å²) in [6, 6.07) is 42.3. The molecule has 46 heavy (non-hydrogen) atoms. The number of phenols is 1. The van der Waals surface area contributed by atoms with Crippen LogP contribution in [0.15, 0.2) is 121 Å². The van der Waals surface area contributed by atoms with Gasteiger partial charge in [0.15, 0.2) is 0 Å². The van der Waals surface area contributed by atoms with Gasteiger partial charge in [0.05, 0.1) is 33.5 Å². The summed E-state index contributed by atoms with van der Waals surface area (Å²) in [5.41, 5.74) is 11.2. The second-order valence-electron chi connectivity index (χ2n) is 12.9. The Morgan fingerprint density at radius 2 is 1.17 bits per heavy atom. The van der Waals surface area contributed by atoms with Gasteiger partial charge in [-0.3, -0.25) is 0 Å². The van der Waals surface area contributed by atoms with E-state index in [0.29, 0.717) is 17.4 Å². The highest BCUT2D eigenvalue weighted by molar-refractivity contribution is 6.09. The highest BCUT2D eigenvalue weighted by Gasteiger charge is 2.17. The fourth-order valence-corrected chi connectivity index (χ4v) is 6.64. The Bertz CT molecular complexity index is 2450. The van der Waals surface area contributed by atoms with Crippen molar-refractivity contribution in [1.82, 2.24) is 14.5 Å². The lowest BCUT2D eigenvalue weighted by atomic mass is 9.97. The molecule has 0 radical (unpaired) electrons. The average molecular weight is 598 g/mol. The third-order valence-electron chi connectivity index (χ3n) is 9.22. The fraction of sp³-hybridized carbons (Fsp3) is 0.143. The van der Waals surface area contributed by atoms with Crippen molar-refractivity contribution in [2.75, 3.05) is 0 Å². The van der Waals surface area contributed by atoms with Crippen LogP contribution in [-0.4, -0.2) is 19.6 Å². The molecule has 0 saturated heterocycles. The van der Waals surface area contributed by atoms with Crippen LogP contribution in [0, 0.1) is 0 Å². The van der Waals surface area contributed by atoms with E-state index in [-0.39, 0.29) is 5.75 Å². The van der Waals surface area contributed by atoms with Gasteiger partial charge in [-0.1, -0.05) is 88.4 Å². The Morgan fingerprint density at radius 1 is 0.543 bits per heavy atom. The first-order chi connectivity index (χ1) is 22.4. The highest BCUT2D eigenvalue weighted by Crippen LogP contribution is 2.37. The lowest BCUT2D eigenvalue weighted by Gasteiger charge is -2.16. The first-order valence-corrected chi connectivity index (χ1v) is 16.0. The second kappa shape index (κ2) is 10.8. The number of phenolic OH excluding ortho intramolecular Hbond substituents is 1. The predicted molar refractivity (Wildman–Crippen MR) is 192 cm³/mol. The molecule has 224 valence electrons. The van der Waals surface area contributed by atoms with Crippen molar-refractivity contribution in [3.63, 3.8) is 0 Å². The van der Waals surface area contributed by atoms with E-state index >= 15 is 0 Å². The smallest absolute Gasteiger partial charge is 0.124 e. The van der Waals surface area contributed by atoms with Crippen LogP contribution in [0.4, 0.5) is 0 Å². The van der Waals surface area contributed by atoms with Gasteiger partial charge in [0.25, 0.3) is 0 Å². The van der Waals surface area contributed by atoms with E-state index in [0.717, 1.165) is 44.4 Å². The van der Waals surface area contributed by atoms with Crippen molar-refractivity contribution >= 4 is 43.6 Å². The zero-order chi connectivity index (χ0) is 31.5. The van der Waals surface area contributed by atoms with E-state index in [2.05, 4.69) is 123 Å². The van der Waals surface area contributed by atoms with Crippen LogP contribution < -0.4 is 0 Å². The van der Waals surface area contributed by atoms with Gasteiger partial charge in [-0.15, -0.1) is 0 Å². The van der Waals surface area contributed by atoms with Gasteiger partial charge in [-0.2, -0.15) is 0 Å². The normalized spacial score (nSPS) is 12.0. The minimum Gasteiger partial charge on any atom is -0.507 e. The molecule has 0 unspecified atom stereocenters. The second-order valence-corrected chi connectivity index (χ2v) is 12.9.